The molecule has 1 aromatic carbocycles. The van der Waals surface area contributed by atoms with Crippen LogP contribution in [0, 0.1) is 12.3 Å². The normalized spacial score (nSPS) is 9.33. The fraction of sp³-hybridized carbons (Fsp3) is 0.250. The first kappa shape index (κ1) is 11.3. The van der Waals surface area contributed by atoms with Crippen molar-refractivity contribution in [2.75, 3.05) is 18.5 Å². The minimum absolute atomic E-state index is 0.0663. The van der Waals surface area contributed by atoms with Crippen LogP contribution >= 0.6 is 0 Å². The molecule has 15 heavy (non-hydrogen) atoms. The van der Waals surface area contributed by atoms with Crippen LogP contribution in [-0.4, -0.2) is 19.1 Å². The molecule has 3 nitrogen and oxygen atoms in total. The van der Waals surface area contributed by atoms with Gasteiger partial charge >= 0.3 is 0 Å². The second-order valence-electron chi connectivity index (χ2n) is 2.91. The molecule has 0 fully saturated rings. The van der Waals surface area contributed by atoms with E-state index in [-0.39, 0.29) is 12.5 Å². The van der Waals surface area contributed by atoms with Gasteiger partial charge in [0.25, 0.3) is 0 Å². The highest BCUT2D eigenvalue weighted by Gasteiger charge is 2.01. The Morgan fingerprint density at radius 1 is 1.60 bits per heavy atom. The zero-order valence-corrected chi connectivity index (χ0v) is 8.62. The van der Waals surface area contributed by atoms with Gasteiger partial charge in [-0.3, -0.25) is 4.79 Å². The van der Waals surface area contributed by atoms with E-state index in [2.05, 4.69) is 11.2 Å². The van der Waals surface area contributed by atoms with E-state index in [1.165, 1.54) is 0 Å². The molecule has 3 heteroatoms. The number of hydrogen-bond donors (Lipinski definition) is 1. The summed E-state index contributed by atoms with van der Waals surface area (Å²) in [6.45, 7) is 2.43. The molecule has 0 aliphatic heterocycles. The molecule has 0 saturated heterocycles. The SMILES string of the molecule is C#Cc1cccc(NC(=O)COCC)c1. The molecule has 0 aliphatic rings. The molecule has 0 unspecified atom stereocenters. The van der Waals surface area contributed by atoms with Crippen molar-refractivity contribution in [3.05, 3.63) is 29.8 Å². The summed E-state index contributed by atoms with van der Waals surface area (Å²) >= 11 is 0. The zero-order valence-electron chi connectivity index (χ0n) is 8.62. The van der Waals surface area contributed by atoms with Crippen LogP contribution in [0.1, 0.15) is 12.5 Å². The van der Waals surface area contributed by atoms with Crippen molar-refractivity contribution >= 4 is 11.6 Å². The Morgan fingerprint density at radius 3 is 3.07 bits per heavy atom. The van der Waals surface area contributed by atoms with Crippen molar-refractivity contribution < 1.29 is 9.53 Å². The predicted octanol–water partition coefficient (Wildman–Crippen LogP) is 1.64. The number of carbonyl (C=O) groups excluding carboxylic acids is 1. The third-order valence-electron chi connectivity index (χ3n) is 1.75. The van der Waals surface area contributed by atoms with E-state index in [4.69, 9.17) is 11.2 Å². The predicted molar refractivity (Wildman–Crippen MR) is 59.5 cm³/mol. The van der Waals surface area contributed by atoms with Crippen LogP contribution in [0.2, 0.25) is 0 Å². The summed E-state index contributed by atoms with van der Waals surface area (Å²) in [6.07, 6.45) is 5.24. The Hall–Kier alpha value is -1.79. The fourth-order valence-electron chi connectivity index (χ4n) is 1.08. The van der Waals surface area contributed by atoms with Gasteiger partial charge in [0.1, 0.15) is 6.61 Å². The highest BCUT2D eigenvalue weighted by atomic mass is 16.5. The summed E-state index contributed by atoms with van der Waals surface area (Å²) in [7, 11) is 0. The molecule has 1 amide bonds. The highest BCUT2D eigenvalue weighted by molar-refractivity contribution is 5.91. The van der Waals surface area contributed by atoms with Crippen LogP contribution in [0.25, 0.3) is 0 Å². The van der Waals surface area contributed by atoms with Crippen molar-refractivity contribution in [2.45, 2.75) is 6.92 Å². The molecule has 0 atom stereocenters. The maximum atomic E-state index is 11.3. The van der Waals surface area contributed by atoms with E-state index in [9.17, 15) is 4.79 Å². The van der Waals surface area contributed by atoms with Crippen molar-refractivity contribution in [3.63, 3.8) is 0 Å². The van der Waals surface area contributed by atoms with Crippen molar-refractivity contribution in [3.8, 4) is 12.3 Å². The molecule has 78 valence electrons. The van der Waals surface area contributed by atoms with Gasteiger partial charge in [-0.15, -0.1) is 6.42 Å². The first-order valence-electron chi connectivity index (χ1n) is 4.70. The van der Waals surface area contributed by atoms with Crippen LogP contribution in [0.4, 0.5) is 5.69 Å². The number of nitrogens with one attached hydrogen (secondary N) is 1. The summed E-state index contributed by atoms with van der Waals surface area (Å²) in [5.41, 5.74) is 1.43. The minimum Gasteiger partial charge on any atom is -0.372 e. The van der Waals surface area contributed by atoms with Crippen molar-refractivity contribution in [1.82, 2.24) is 0 Å². The molecule has 1 rings (SSSR count). The monoisotopic (exact) mass is 203 g/mol. The molecular formula is C12H13NO2. The summed E-state index contributed by atoms with van der Waals surface area (Å²) < 4.78 is 4.97. The fourth-order valence-corrected chi connectivity index (χ4v) is 1.08. The first-order chi connectivity index (χ1) is 7.26. The van der Waals surface area contributed by atoms with Gasteiger partial charge in [0, 0.05) is 17.9 Å². The average molecular weight is 203 g/mol. The Kier molecular flexibility index (Phi) is 4.39. The minimum atomic E-state index is -0.175. The second-order valence-corrected chi connectivity index (χ2v) is 2.91. The molecule has 1 N–H and O–H groups in total. The summed E-state index contributed by atoms with van der Waals surface area (Å²) in [5.74, 6) is 2.33. The topological polar surface area (TPSA) is 38.3 Å². The van der Waals surface area contributed by atoms with Gasteiger partial charge in [-0.25, -0.2) is 0 Å². The van der Waals surface area contributed by atoms with E-state index < -0.39 is 0 Å². The molecule has 0 spiro atoms. The van der Waals surface area contributed by atoms with Gasteiger partial charge in [0.2, 0.25) is 5.91 Å². The molecular weight excluding hydrogens is 190 g/mol. The lowest BCUT2D eigenvalue weighted by molar-refractivity contribution is -0.120. The Labute approximate surface area is 89.4 Å². The quantitative estimate of drug-likeness (QED) is 0.755. The van der Waals surface area contributed by atoms with Gasteiger partial charge < -0.3 is 10.1 Å². The van der Waals surface area contributed by atoms with Crippen LogP contribution in [0.3, 0.4) is 0 Å². The summed E-state index contributed by atoms with van der Waals surface area (Å²) in [4.78, 5) is 11.3. The molecule has 0 heterocycles. The van der Waals surface area contributed by atoms with Crippen LogP contribution < -0.4 is 5.32 Å². The van der Waals surface area contributed by atoms with Crippen LogP contribution in [0.15, 0.2) is 24.3 Å². The number of ether oxygens (including phenoxy) is 1. The van der Waals surface area contributed by atoms with E-state index in [0.29, 0.717) is 12.3 Å². The molecule has 0 bridgehead atoms. The Balaban J connectivity index is 2.57. The zero-order chi connectivity index (χ0) is 11.1. The number of rotatable bonds is 4. The van der Waals surface area contributed by atoms with Crippen molar-refractivity contribution in [1.29, 1.82) is 0 Å². The number of carbonyl (C=O) groups is 1. The Morgan fingerprint density at radius 2 is 2.40 bits per heavy atom. The number of benzene rings is 1. The largest absolute Gasteiger partial charge is 0.372 e. The van der Waals surface area contributed by atoms with Gasteiger partial charge in [-0.1, -0.05) is 12.0 Å². The number of anilines is 1. The summed E-state index contributed by atoms with van der Waals surface area (Å²) in [5, 5.41) is 2.69. The standard InChI is InChI=1S/C12H13NO2/c1-3-10-6-5-7-11(8-10)13-12(14)9-15-4-2/h1,5-8H,4,9H2,2H3,(H,13,14). The third kappa shape index (κ3) is 3.84. The maximum Gasteiger partial charge on any atom is 0.250 e. The number of terminal acetylenes is 1. The van der Waals surface area contributed by atoms with Gasteiger partial charge in [0.15, 0.2) is 0 Å². The second kappa shape index (κ2) is 5.84. The number of hydrogen-bond acceptors (Lipinski definition) is 2. The van der Waals surface area contributed by atoms with Gasteiger partial charge in [0.05, 0.1) is 0 Å². The van der Waals surface area contributed by atoms with Crippen LogP contribution in [-0.2, 0) is 9.53 Å². The van der Waals surface area contributed by atoms with Gasteiger partial charge in [-0.2, -0.15) is 0 Å². The molecule has 0 radical (unpaired) electrons. The molecule has 1 aromatic rings. The number of amides is 1. The average Bonchev–Trinajstić information content (AvgIpc) is 2.26. The van der Waals surface area contributed by atoms with Gasteiger partial charge in [-0.05, 0) is 25.1 Å². The van der Waals surface area contributed by atoms with Crippen molar-refractivity contribution in [2.24, 2.45) is 0 Å². The first-order valence-corrected chi connectivity index (χ1v) is 4.70. The molecule has 0 aliphatic carbocycles. The Bertz CT molecular complexity index is 379. The van der Waals surface area contributed by atoms with E-state index in [1.54, 1.807) is 24.3 Å². The van der Waals surface area contributed by atoms with E-state index in [1.807, 2.05) is 6.92 Å². The lowest BCUT2D eigenvalue weighted by Crippen LogP contribution is -2.18. The smallest absolute Gasteiger partial charge is 0.250 e. The third-order valence-corrected chi connectivity index (χ3v) is 1.75. The molecule has 0 aromatic heterocycles. The lowest BCUT2D eigenvalue weighted by Gasteiger charge is -2.05. The maximum absolute atomic E-state index is 11.3. The van der Waals surface area contributed by atoms with E-state index >= 15 is 0 Å². The highest BCUT2D eigenvalue weighted by Crippen LogP contribution is 2.09. The van der Waals surface area contributed by atoms with Crippen LogP contribution in [0.5, 0.6) is 0 Å². The van der Waals surface area contributed by atoms with E-state index in [0.717, 1.165) is 5.56 Å². The molecule has 0 saturated carbocycles. The lowest BCUT2D eigenvalue weighted by atomic mass is 10.2. The summed E-state index contributed by atoms with van der Waals surface area (Å²) in [6, 6.07) is 7.12.